The summed E-state index contributed by atoms with van der Waals surface area (Å²) in [7, 11) is 1.59. The molecule has 19 heavy (non-hydrogen) atoms. The van der Waals surface area contributed by atoms with Gasteiger partial charge in [-0.05, 0) is 50.3 Å². The van der Waals surface area contributed by atoms with E-state index < -0.39 is 0 Å². The summed E-state index contributed by atoms with van der Waals surface area (Å²) in [4.78, 5) is 0. The number of hydrogen-bond donors (Lipinski definition) is 2. The molecule has 0 radical (unpaired) electrons. The first kappa shape index (κ1) is 14.0. The van der Waals surface area contributed by atoms with Crippen molar-refractivity contribution in [1.82, 2.24) is 5.43 Å². The van der Waals surface area contributed by atoms with Crippen molar-refractivity contribution in [3.05, 3.63) is 41.2 Å². The Kier molecular flexibility index (Phi) is 4.93. The van der Waals surface area contributed by atoms with Crippen molar-refractivity contribution in [3.8, 4) is 5.75 Å². The van der Waals surface area contributed by atoms with Crippen LogP contribution in [0.1, 0.15) is 43.7 Å². The highest BCUT2D eigenvalue weighted by molar-refractivity contribution is 5.37. The second-order valence-corrected chi connectivity index (χ2v) is 4.92. The van der Waals surface area contributed by atoms with Crippen LogP contribution in [0.4, 0.5) is 4.39 Å². The van der Waals surface area contributed by atoms with E-state index in [4.69, 9.17) is 10.6 Å². The Morgan fingerprint density at radius 2 is 2.26 bits per heavy atom. The number of methoxy groups -OCH3 is 1. The minimum Gasteiger partial charge on any atom is -0.496 e. The maximum atomic E-state index is 13.4. The summed E-state index contributed by atoms with van der Waals surface area (Å²) < 4.78 is 18.7. The van der Waals surface area contributed by atoms with Crippen LogP contribution in [0.2, 0.25) is 0 Å². The van der Waals surface area contributed by atoms with Crippen molar-refractivity contribution in [1.29, 1.82) is 0 Å². The van der Waals surface area contributed by atoms with E-state index in [0.29, 0.717) is 5.75 Å². The lowest BCUT2D eigenvalue weighted by atomic mass is 9.91. The minimum atomic E-state index is -0.270. The summed E-state index contributed by atoms with van der Waals surface area (Å²) in [5.74, 6) is 6.04. The van der Waals surface area contributed by atoms with Crippen LogP contribution in [-0.2, 0) is 0 Å². The van der Waals surface area contributed by atoms with Crippen LogP contribution in [-0.4, -0.2) is 7.11 Å². The third-order valence-corrected chi connectivity index (χ3v) is 3.62. The third kappa shape index (κ3) is 3.55. The molecule has 3 nitrogen and oxygen atoms in total. The predicted octanol–water partition coefficient (Wildman–Crippen LogP) is 3.23. The maximum absolute atomic E-state index is 13.4. The third-order valence-electron chi connectivity index (χ3n) is 3.62. The largest absolute Gasteiger partial charge is 0.496 e. The standard InChI is InChI=1S/C15H21FN2O/c1-19-15-8-7-12(16)10-13(15)14(18-17)9-11-5-3-2-4-6-11/h5,7-8,10,14,18H,2-4,6,9,17H2,1H3. The van der Waals surface area contributed by atoms with Gasteiger partial charge in [-0.15, -0.1) is 0 Å². The molecule has 0 spiro atoms. The lowest BCUT2D eigenvalue weighted by Gasteiger charge is -2.22. The van der Waals surface area contributed by atoms with Crippen LogP contribution in [0, 0.1) is 5.82 Å². The lowest BCUT2D eigenvalue weighted by Crippen LogP contribution is -2.29. The van der Waals surface area contributed by atoms with Gasteiger partial charge >= 0.3 is 0 Å². The zero-order valence-corrected chi connectivity index (χ0v) is 11.3. The van der Waals surface area contributed by atoms with E-state index in [2.05, 4.69) is 11.5 Å². The minimum absolute atomic E-state index is 0.116. The number of ether oxygens (including phenoxy) is 1. The molecule has 0 saturated carbocycles. The van der Waals surface area contributed by atoms with Gasteiger partial charge in [-0.1, -0.05) is 11.6 Å². The predicted molar refractivity (Wildman–Crippen MR) is 74.2 cm³/mol. The number of hydrogen-bond acceptors (Lipinski definition) is 3. The number of hydrazine groups is 1. The molecule has 0 amide bonds. The fourth-order valence-electron chi connectivity index (χ4n) is 2.59. The van der Waals surface area contributed by atoms with Gasteiger partial charge in [0.15, 0.2) is 0 Å². The molecule has 1 aliphatic carbocycles. The lowest BCUT2D eigenvalue weighted by molar-refractivity contribution is 0.396. The quantitative estimate of drug-likeness (QED) is 0.487. The van der Waals surface area contributed by atoms with Crippen LogP contribution in [0.15, 0.2) is 29.8 Å². The number of nitrogens with two attached hydrogens (primary N) is 1. The molecule has 104 valence electrons. The summed E-state index contributed by atoms with van der Waals surface area (Å²) in [5.41, 5.74) is 4.94. The van der Waals surface area contributed by atoms with Gasteiger partial charge in [0.2, 0.25) is 0 Å². The zero-order chi connectivity index (χ0) is 13.7. The van der Waals surface area contributed by atoms with E-state index in [1.54, 1.807) is 13.2 Å². The Morgan fingerprint density at radius 1 is 1.42 bits per heavy atom. The zero-order valence-electron chi connectivity index (χ0n) is 11.3. The summed E-state index contributed by atoms with van der Waals surface area (Å²) in [6.45, 7) is 0. The monoisotopic (exact) mass is 264 g/mol. The fraction of sp³-hybridized carbons (Fsp3) is 0.467. The molecule has 1 aliphatic rings. The average Bonchev–Trinajstić information content (AvgIpc) is 2.46. The Balaban J connectivity index is 2.20. The van der Waals surface area contributed by atoms with Crippen LogP contribution < -0.4 is 16.0 Å². The van der Waals surface area contributed by atoms with E-state index in [0.717, 1.165) is 24.8 Å². The summed E-state index contributed by atoms with van der Waals surface area (Å²) >= 11 is 0. The van der Waals surface area contributed by atoms with E-state index >= 15 is 0 Å². The van der Waals surface area contributed by atoms with Gasteiger partial charge in [0.05, 0.1) is 13.2 Å². The van der Waals surface area contributed by atoms with Gasteiger partial charge in [-0.25, -0.2) is 4.39 Å². The molecule has 0 bridgehead atoms. The Labute approximate surface area is 113 Å². The van der Waals surface area contributed by atoms with E-state index in [9.17, 15) is 4.39 Å². The van der Waals surface area contributed by atoms with Crippen LogP contribution >= 0.6 is 0 Å². The molecule has 0 aromatic heterocycles. The van der Waals surface area contributed by atoms with Crippen molar-refractivity contribution in [2.24, 2.45) is 5.84 Å². The van der Waals surface area contributed by atoms with Crippen LogP contribution in [0.5, 0.6) is 5.75 Å². The van der Waals surface area contributed by atoms with Gasteiger partial charge in [-0.3, -0.25) is 11.3 Å². The smallest absolute Gasteiger partial charge is 0.123 e. The van der Waals surface area contributed by atoms with Crippen LogP contribution in [0.3, 0.4) is 0 Å². The number of benzene rings is 1. The van der Waals surface area contributed by atoms with Crippen molar-refractivity contribution in [3.63, 3.8) is 0 Å². The van der Waals surface area contributed by atoms with E-state index in [-0.39, 0.29) is 11.9 Å². The fourth-order valence-corrected chi connectivity index (χ4v) is 2.59. The van der Waals surface area contributed by atoms with Crippen molar-refractivity contribution < 1.29 is 9.13 Å². The van der Waals surface area contributed by atoms with Crippen LogP contribution in [0.25, 0.3) is 0 Å². The molecule has 0 fully saturated rings. The summed E-state index contributed by atoms with van der Waals surface area (Å²) in [6.07, 6.45) is 7.80. The first-order valence-electron chi connectivity index (χ1n) is 6.72. The maximum Gasteiger partial charge on any atom is 0.123 e. The van der Waals surface area contributed by atoms with Gasteiger partial charge in [0.25, 0.3) is 0 Å². The second-order valence-electron chi connectivity index (χ2n) is 4.92. The Bertz CT molecular complexity index is 459. The molecule has 4 heteroatoms. The number of halogens is 1. The first-order valence-corrected chi connectivity index (χ1v) is 6.72. The molecule has 2 rings (SSSR count). The summed E-state index contributed by atoms with van der Waals surface area (Å²) in [6, 6.07) is 4.42. The molecular formula is C15H21FN2O. The first-order chi connectivity index (χ1) is 9.24. The van der Waals surface area contributed by atoms with Gasteiger partial charge in [-0.2, -0.15) is 0 Å². The van der Waals surface area contributed by atoms with Gasteiger partial charge in [0.1, 0.15) is 11.6 Å². The highest BCUT2D eigenvalue weighted by Gasteiger charge is 2.18. The molecular weight excluding hydrogens is 243 g/mol. The van der Waals surface area contributed by atoms with Gasteiger partial charge in [0, 0.05) is 5.56 Å². The molecule has 1 aromatic carbocycles. The van der Waals surface area contributed by atoms with Crippen molar-refractivity contribution in [2.75, 3.05) is 7.11 Å². The van der Waals surface area contributed by atoms with E-state index in [1.165, 1.54) is 30.5 Å². The highest BCUT2D eigenvalue weighted by Crippen LogP contribution is 2.32. The Hall–Kier alpha value is -1.39. The highest BCUT2D eigenvalue weighted by atomic mass is 19.1. The molecule has 0 heterocycles. The van der Waals surface area contributed by atoms with Crippen molar-refractivity contribution >= 4 is 0 Å². The molecule has 1 aromatic rings. The number of allylic oxidation sites excluding steroid dienone is 1. The molecule has 0 saturated heterocycles. The molecule has 1 unspecified atom stereocenters. The average molecular weight is 264 g/mol. The second kappa shape index (κ2) is 6.68. The van der Waals surface area contributed by atoms with Crippen molar-refractivity contribution in [2.45, 2.75) is 38.1 Å². The number of rotatable bonds is 5. The summed E-state index contributed by atoms with van der Waals surface area (Å²) in [5, 5.41) is 0. The normalized spacial score (nSPS) is 16.9. The molecule has 1 atom stereocenters. The number of nitrogens with one attached hydrogen (secondary N) is 1. The van der Waals surface area contributed by atoms with E-state index in [1.807, 2.05) is 0 Å². The SMILES string of the molecule is COc1ccc(F)cc1C(CC1=CCCCC1)NN. The molecule has 0 aliphatic heterocycles. The van der Waals surface area contributed by atoms with Gasteiger partial charge < -0.3 is 4.74 Å². The Morgan fingerprint density at radius 3 is 2.89 bits per heavy atom. The topological polar surface area (TPSA) is 47.3 Å². The molecule has 3 N–H and O–H groups in total.